The van der Waals surface area contributed by atoms with Crippen molar-refractivity contribution < 1.29 is 4.74 Å². The van der Waals surface area contributed by atoms with Gasteiger partial charge in [-0.2, -0.15) is 0 Å². The molecular formula is C18H22ClNO. The van der Waals surface area contributed by atoms with Gasteiger partial charge in [0.2, 0.25) is 0 Å². The first-order valence-corrected chi connectivity index (χ1v) is 7.50. The normalized spacial score (nSPS) is 12.2. The highest BCUT2D eigenvalue weighted by Crippen LogP contribution is 2.31. The molecule has 2 aromatic rings. The Morgan fingerprint density at radius 2 is 1.81 bits per heavy atom. The van der Waals surface area contributed by atoms with E-state index in [2.05, 4.69) is 37.4 Å². The summed E-state index contributed by atoms with van der Waals surface area (Å²) >= 11 is 6.05. The maximum absolute atomic E-state index is 6.05. The second kappa shape index (κ2) is 6.97. The molecule has 1 N–H and O–H groups in total. The van der Waals surface area contributed by atoms with Crippen LogP contribution in [0.5, 0.6) is 5.75 Å². The van der Waals surface area contributed by atoms with E-state index in [1.54, 1.807) is 7.11 Å². The number of aryl methyl sites for hydroxylation is 2. The van der Waals surface area contributed by atoms with E-state index in [-0.39, 0.29) is 6.04 Å². The van der Waals surface area contributed by atoms with Gasteiger partial charge in [0.1, 0.15) is 5.75 Å². The summed E-state index contributed by atoms with van der Waals surface area (Å²) in [7, 11) is 3.66. The molecule has 0 aliphatic carbocycles. The van der Waals surface area contributed by atoms with Crippen LogP contribution < -0.4 is 10.1 Å². The standard InChI is InChI=1S/C18H22ClNO/c1-12-6-5-7-13(2)16(12)11-17(20-3)15-9-8-14(19)10-18(15)21-4/h5-10,17,20H,11H2,1-4H3. The van der Waals surface area contributed by atoms with Crippen LogP contribution in [0, 0.1) is 13.8 Å². The molecule has 1 atom stereocenters. The lowest BCUT2D eigenvalue weighted by atomic mass is 9.92. The van der Waals surface area contributed by atoms with Crippen molar-refractivity contribution in [2.75, 3.05) is 14.2 Å². The van der Waals surface area contributed by atoms with E-state index in [4.69, 9.17) is 16.3 Å². The Labute approximate surface area is 132 Å². The van der Waals surface area contributed by atoms with E-state index in [1.807, 2.05) is 25.2 Å². The number of likely N-dealkylation sites (N-methyl/N-ethyl adjacent to an activating group) is 1. The Kier molecular flexibility index (Phi) is 5.27. The molecule has 0 saturated heterocycles. The van der Waals surface area contributed by atoms with Crippen molar-refractivity contribution in [1.82, 2.24) is 5.32 Å². The molecule has 0 bridgehead atoms. The van der Waals surface area contributed by atoms with Crippen molar-refractivity contribution in [2.24, 2.45) is 0 Å². The quantitative estimate of drug-likeness (QED) is 0.880. The van der Waals surface area contributed by atoms with Crippen LogP contribution in [0.25, 0.3) is 0 Å². The van der Waals surface area contributed by atoms with Gasteiger partial charge in [0.15, 0.2) is 0 Å². The minimum absolute atomic E-state index is 0.192. The van der Waals surface area contributed by atoms with E-state index >= 15 is 0 Å². The number of ether oxygens (including phenoxy) is 1. The third kappa shape index (κ3) is 3.58. The minimum Gasteiger partial charge on any atom is -0.496 e. The number of nitrogens with one attached hydrogen (secondary N) is 1. The maximum Gasteiger partial charge on any atom is 0.125 e. The Morgan fingerprint density at radius 3 is 2.38 bits per heavy atom. The van der Waals surface area contributed by atoms with Crippen LogP contribution in [-0.2, 0) is 6.42 Å². The molecule has 0 fully saturated rings. The van der Waals surface area contributed by atoms with Gasteiger partial charge in [0.25, 0.3) is 0 Å². The van der Waals surface area contributed by atoms with E-state index in [0.717, 1.165) is 17.7 Å². The largest absolute Gasteiger partial charge is 0.496 e. The first-order valence-electron chi connectivity index (χ1n) is 7.12. The number of benzene rings is 2. The van der Waals surface area contributed by atoms with E-state index in [0.29, 0.717) is 5.02 Å². The average Bonchev–Trinajstić information content (AvgIpc) is 2.47. The average molecular weight is 304 g/mol. The molecule has 0 aliphatic rings. The number of hydrogen-bond acceptors (Lipinski definition) is 2. The molecule has 0 spiro atoms. The molecule has 2 aromatic carbocycles. The molecule has 2 rings (SSSR count). The smallest absolute Gasteiger partial charge is 0.125 e. The second-order valence-electron chi connectivity index (χ2n) is 5.30. The van der Waals surface area contributed by atoms with Gasteiger partial charge in [0.05, 0.1) is 7.11 Å². The number of halogens is 1. The summed E-state index contributed by atoms with van der Waals surface area (Å²) in [6.45, 7) is 4.32. The molecule has 0 saturated carbocycles. The van der Waals surface area contributed by atoms with Gasteiger partial charge in [-0.3, -0.25) is 0 Å². The fourth-order valence-corrected chi connectivity index (χ4v) is 2.88. The van der Waals surface area contributed by atoms with Crippen molar-refractivity contribution in [1.29, 1.82) is 0 Å². The van der Waals surface area contributed by atoms with Crippen LogP contribution in [0.3, 0.4) is 0 Å². The molecule has 0 amide bonds. The Balaban J connectivity index is 2.37. The van der Waals surface area contributed by atoms with Gasteiger partial charge < -0.3 is 10.1 Å². The predicted molar refractivity (Wildman–Crippen MR) is 89.4 cm³/mol. The van der Waals surface area contributed by atoms with Gasteiger partial charge in [-0.25, -0.2) is 0 Å². The molecule has 0 aliphatic heterocycles. The van der Waals surface area contributed by atoms with Crippen LogP contribution in [0.1, 0.15) is 28.3 Å². The lowest BCUT2D eigenvalue weighted by Gasteiger charge is -2.21. The zero-order valence-corrected chi connectivity index (χ0v) is 13.8. The number of methoxy groups -OCH3 is 1. The Hall–Kier alpha value is -1.51. The zero-order chi connectivity index (χ0) is 15.4. The summed E-state index contributed by atoms with van der Waals surface area (Å²) in [6.07, 6.45) is 0.924. The number of hydrogen-bond donors (Lipinski definition) is 1. The molecule has 1 unspecified atom stereocenters. The third-order valence-electron chi connectivity index (χ3n) is 3.97. The van der Waals surface area contributed by atoms with Gasteiger partial charge in [-0.05, 0) is 56.1 Å². The fraction of sp³-hybridized carbons (Fsp3) is 0.333. The highest BCUT2D eigenvalue weighted by Gasteiger charge is 2.17. The fourth-order valence-electron chi connectivity index (χ4n) is 2.72. The molecular weight excluding hydrogens is 282 g/mol. The summed E-state index contributed by atoms with van der Waals surface area (Å²) in [5, 5.41) is 4.08. The topological polar surface area (TPSA) is 21.3 Å². The van der Waals surface area contributed by atoms with Crippen molar-refractivity contribution in [3.63, 3.8) is 0 Å². The minimum atomic E-state index is 0.192. The lowest BCUT2D eigenvalue weighted by molar-refractivity contribution is 0.401. The predicted octanol–water partition coefficient (Wildman–Crippen LogP) is 4.47. The second-order valence-corrected chi connectivity index (χ2v) is 5.74. The summed E-state index contributed by atoms with van der Waals surface area (Å²) in [5.41, 5.74) is 5.16. The molecule has 0 heterocycles. The van der Waals surface area contributed by atoms with Crippen LogP contribution in [0.4, 0.5) is 0 Å². The van der Waals surface area contributed by atoms with E-state index < -0.39 is 0 Å². The van der Waals surface area contributed by atoms with Crippen LogP contribution in [-0.4, -0.2) is 14.2 Å². The molecule has 2 nitrogen and oxygen atoms in total. The zero-order valence-electron chi connectivity index (χ0n) is 13.0. The molecule has 3 heteroatoms. The highest BCUT2D eigenvalue weighted by atomic mass is 35.5. The van der Waals surface area contributed by atoms with Crippen LogP contribution in [0.15, 0.2) is 36.4 Å². The third-order valence-corrected chi connectivity index (χ3v) is 4.21. The van der Waals surface area contributed by atoms with Gasteiger partial charge in [-0.1, -0.05) is 35.9 Å². The maximum atomic E-state index is 6.05. The Bertz CT molecular complexity index is 604. The van der Waals surface area contributed by atoms with E-state index in [9.17, 15) is 0 Å². The monoisotopic (exact) mass is 303 g/mol. The van der Waals surface area contributed by atoms with E-state index in [1.165, 1.54) is 16.7 Å². The lowest BCUT2D eigenvalue weighted by Crippen LogP contribution is -2.20. The SMILES string of the molecule is CNC(Cc1c(C)cccc1C)c1ccc(Cl)cc1OC. The van der Waals surface area contributed by atoms with Gasteiger partial charge in [0, 0.05) is 16.6 Å². The van der Waals surface area contributed by atoms with Crippen LogP contribution in [0.2, 0.25) is 5.02 Å². The highest BCUT2D eigenvalue weighted by molar-refractivity contribution is 6.30. The number of rotatable bonds is 5. The molecule has 112 valence electrons. The van der Waals surface area contributed by atoms with Crippen molar-refractivity contribution in [2.45, 2.75) is 26.3 Å². The van der Waals surface area contributed by atoms with Crippen molar-refractivity contribution >= 4 is 11.6 Å². The summed E-state index contributed by atoms with van der Waals surface area (Å²) in [4.78, 5) is 0. The van der Waals surface area contributed by atoms with Crippen LogP contribution >= 0.6 is 11.6 Å². The summed E-state index contributed by atoms with van der Waals surface area (Å²) < 4.78 is 5.48. The van der Waals surface area contributed by atoms with Gasteiger partial charge >= 0.3 is 0 Å². The first kappa shape index (κ1) is 15.9. The first-order chi connectivity index (χ1) is 10.1. The molecule has 0 radical (unpaired) electrons. The van der Waals surface area contributed by atoms with Crippen molar-refractivity contribution in [3.05, 3.63) is 63.7 Å². The molecule has 21 heavy (non-hydrogen) atoms. The summed E-state index contributed by atoms with van der Waals surface area (Å²) in [5.74, 6) is 0.827. The molecule has 0 aromatic heterocycles. The Morgan fingerprint density at radius 1 is 1.14 bits per heavy atom. The van der Waals surface area contributed by atoms with Gasteiger partial charge in [-0.15, -0.1) is 0 Å². The summed E-state index contributed by atoms with van der Waals surface area (Å²) in [6, 6.07) is 12.4. The van der Waals surface area contributed by atoms with Crippen molar-refractivity contribution in [3.8, 4) is 5.75 Å².